The van der Waals surface area contributed by atoms with Crippen LogP contribution >= 0.6 is 0 Å². The lowest BCUT2D eigenvalue weighted by Crippen LogP contribution is -1.98. The Bertz CT molecular complexity index is 162. The van der Waals surface area contributed by atoms with Gasteiger partial charge in [-0.2, -0.15) is 0 Å². The molecule has 0 saturated carbocycles. The zero-order chi connectivity index (χ0) is 10.1. The fourth-order valence-corrected chi connectivity index (χ4v) is 0.645. The van der Waals surface area contributed by atoms with Crippen molar-refractivity contribution in [1.82, 2.24) is 0 Å². The molecule has 0 spiro atoms. The Morgan fingerprint density at radius 3 is 2.69 bits per heavy atom. The fraction of sp³-hybridized carbons (Fsp3) is 0.700. The molecule has 13 heavy (non-hydrogen) atoms. The van der Waals surface area contributed by atoms with Gasteiger partial charge in [-0.3, -0.25) is 4.79 Å². The van der Waals surface area contributed by atoms with Gasteiger partial charge in [0.15, 0.2) is 0 Å². The van der Waals surface area contributed by atoms with Crippen molar-refractivity contribution >= 4 is 5.97 Å². The van der Waals surface area contributed by atoms with Gasteiger partial charge in [0.25, 0.3) is 0 Å². The first-order valence-electron chi connectivity index (χ1n) is 4.53. The van der Waals surface area contributed by atoms with Gasteiger partial charge in [-0.1, -0.05) is 13.8 Å². The Morgan fingerprint density at radius 2 is 2.15 bits per heavy atom. The molecular formula is C10H18O3. The summed E-state index contributed by atoms with van der Waals surface area (Å²) >= 11 is 0. The van der Waals surface area contributed by atoms with Crippen LogP contribution in [-0.4, -0.2) is 19.2 Å². The van der Waals surface area contributed by atoms with E-state index in [1.165, 1.54) is 6.92 Å². The van der Waals surface area contributed by atoms with E-state index in [9.17, 15) is 4.79 Å². The summed E-state index contributed by atoms with van der Waals surface area (Å²) in [7, 11) is 0. The maximum Gasteiger partial charge on any atom is 0.302 e. The molecule has 3 nitrogen and oxygen atoms in total. The summed E-state index contributed by atoms with van der Waals surface area (Å²) in [4.78, 5) is 10.3. The molecule has 0 aliphatic carbocycles. The van der Waals surface area contributed by atoms with E-state index < -0.39 is 0 Å². The number of esters is 1. The predicted molar refractivity (Wildman–Crippen MR) is 51.2 cm³/mol. The molecule has 0 aliphatic heterocycles. The lowest BCUT2D eigenvalue weighted by atomic mass is 10.1. The molecule has 0 atom stereocenters. The quantitative estimate of drug-likeness (QED) is 0.362. The van der Waals surface area contributed by atoms with E-state index in [1.54, 1.807) is 12.3 Å². The van der Waals surface area contributed by atoms with Crippen LogP contribution in [-0.2, 0) is 14.3 Å². The molecule has 0 saturated heterocycles. The highest BCUT2D eigenvalue weighted by atomic mass is 16.5. The molecule has 0 aliphatic rings. The SMILES string of the molecule is CC(=O)OCC=COCCC(C)C. The minimum Gasteiger partial charge on any atom is -0.501 e. The van der Waals surface area contributed by atoms with Crippen molar-refractivity contribution in [2.24, 2.45) is 5.92 Å². The molecule has 0 amide bonds. The third kappa shape index (κ3) is 11.0. The molecule has 0 bridgehead atoms. The molecule has 0 heterocycles. The van der Waals surface area contributed by atoms with Crippen LogP contribution in [0.5, 0.6) is 0 Å². The van der Waals surface area contributed by atoms with Crippen molar-refractivity contribution in [3.8, 4) is 0 Å². The summed E-state index contributed by atoms with van der Waals surface area (Å²) in [6, 6.07) is 0. The van der Waals surface area contributed by atoms with Gasteiger partial charge in [-0.25, -0.2) is 0 Å². The van der Waals surface area contributed by atoms with Crippen molar-refractivity contribution in [1.29, 1.82) is 0 Å². The first-order chi connectivity index (χ1) is 6.13. The van der Waals surface area contributed by atoms with Crippen molar-refractivity contribution in [2.75, 3.05) is 13.2 Å². The monoisotopic (exact) mass is 186 g/mol. The van der Waals surface area contributed by atoms with E-state index >= 15 is 0 Å². The van der Waals surface area contributed by atoms with E-state index in [-0.39, 0.29) is 12.6 Å². The average molecular weight is 186 g/mol. The average Bonchev–Trinajstić information content (AvgIpc) is 2.01. The fourth-order valence-electron chi connectivity index (χ4n) is 0.645. The molecule has 0 unspecified atom stereocenters. The smallest absolute Gasteiger partial charge is 0.302 e. The summed E-state index contributed by atoms with van der Waals surface area (Å²) in [5.41, 5.74) is 0. The summed E-state index contributed by atoms with van der Waals surface area (Å²) in [6.07, 6.45) is 4.30. The molecule has 0 rings (SSSR count). The van der Waals surface area contributed by atoms with E-state index in [1.807, 2.05) is 0 Å². The van der Waals surface area contributed by atoms with Crippen molar-refractivity contribution in [3.63, 3.8) is 0 Å². The topological polar surface area (TPSA) is 35.5 Å². The van der Waals surface area contributed by atoms with Crippen LogP contribution in [0.25, 0.3) is 0 Å². The van der Waals surface area contributed by atoms with E-state index in [4.69, 9.17) is 4.74 Å². The third-order valence-electron chi connectivity index (χ3n) is 1.39. The van der Waals surface area contributed by atoms with Crippen LogP contribution in [0, 0.1) is 5.92 Å². The Labute approximate surface area is 79.7 Å². The number of carbonyl (C=O) groups is 1. The zero-order valence-corrected chi connectivity index (χ0v) is 8.58. The van der Waals surface area contributed by atoms with Gasteiger partial charge in [-0.15, -0.1) is 0 Å². The maximum absolute atomic E-state index is 10.3. The molecule has 0 aromatic rings. The Kier molecular flexibility index (Phi) is 7.07. The molecule has 76 valence electrons. The molecule has 0 N–H and O–H groups in total. The van der Waals surface area contributed by atoms with Crippen LogP contribution < -0.4 is 0 Å². The van der Waals surface area contributed by atoms with Crippen molar-refractivity contribution in [2.45, 2.75) is 27.2 Å². The normalized spacial score (nSPS) is 10.8. The lowest BCUT2D eigenvalue weighted by Gasteiger charge is -2.03. The molecule has 0 aromatic carbocycles. The number of ether oxygens (including phenoxy) is 2. The highest BCUT2D eigenvalue weighted by Crippen LogP contribution is 1.98. The van der Waals surface area contributed by atoms with Crippen LogP contribution in [0.2, 0.25) is 0 Å². The van der Waals surface area contributed by atoms with Crippen LogP contribution in [0.15, 0.2) is 12.3 Å². The van der Waals surface area contributed by atoms with Crippen LogP contribution in [0.1, 0.15) is 27.2 Å². The van der Waals surface area contributed by atoms with Gasteiger partial charge >= 0.3 is 5.97 Å². The molecular weight excluding hydrogens is 168 g/mol. The summed E-state index contributed by atoms with van der Waals surface area (Å²) < 4.78 is 9.82. The first kappa shape index (κ1) is 12.0. The third-order valence-corrected chi connectivity index (χ3v) is 1.39. The highest BCUT2D eigenvalue weighted by Gasteiger charge is 1.91. The second kappa shape index (κ2) is 7.65. The zero-order valence-electron chi connectivity index (χ0n) is 8.58. The Morgan fingerprint density at radius 1 is 1.46 bits per heavy atom. The standard InChI is InChI=1S/C10H18O3/c1-9(2)5-8-12-6-4-7-13-10(3)11/h4,6,9H,5,7-8H2,1-3H3. The van der Waals surface area contributed by atoms with Crippen molar-refractivity contribution < 1.29 is 14.3 Å². The van der Waals surface area contributed by atoms with Crippen LogP contribution in [0.4, 0.5) is 0 Å². The van der Waals surface area contributed by atoms with Crippen molar-refractivity contribution in [3.05, 3.63) is 12.3 Å². The summed E-state index contributed by atoms with van der Waals surface area (Å²) in [6.45, 7) is 6.68. The molecule has 0 radical (unpaired) electrons. The van der Waals surface area contributed by atoms with Gasteiger partial charge in [0.1, 0.15) is 6.61 Å². The summed E-state index contributed by atoms with van der Waals surface area (Å²) in [5, 5.41) is 0. The molecule has 3 heteroatoms. The second-order valence-corrected chi connectivity index (χ2v) is 3.23. The highest BCUT2D eigenvalue weighted by molar-refractivity contribution is 5.65. The first-order valence-corrected chi connectivity index (χ1v) is 4.53. The number of rotatable bonds is 6. The molecule has 0 aromatic heterocycles. The van der Waals surface area contributed by atoms with Crippen LogP contribution in [0.3, 0.4) is 0 Å². The second-order valence-electron chi connectivity index (χ2n) is 3.23. The minimum atomic E-state index is -0.271. The van der Waals surface area contributed by atoms with E-state index in [2.05, 4.69) is 18.6 Å². The lowest BCUT2D eigenvalue weighted by molar-refractivity contribution is -0.139. The summed E-state index contributed by atoms with van der Waals surface area (Å²) in [5.74, 6) is 0.383. The van der Waals surface area contributed by atoms with Gasteiger partial charge in [-0.05, 0) is 18.4 Å². The van der Waals surface area contributed by atoms with Gasteiger partial charge < -0.3 is 9.47 Å². The number of hydrogen-bond acceptors (Lipinski definition) is 3. The minimum absolute atomic E-state index is 0.271. The number of carbonyl (C=O) groups excluding carboxylic acids is 1. The van der Waals surface area contributed by atoms with Gasteiger partial charge in [0.2, 0.25) is 0 Å². The largest absolute Gasteiger partial charge is 0.501 e. The Hall–Kier alpha value is -0.990. The predicted octanol–water partition coefficient (Wildman–Crippen LogP) is 2.13. The number of hydrogen-bond donors (Lipinski definition) is 0. The van der Waals surface area contributed by atoms with Gasteiger partial charge in [0.05, 0.1) is 12.9 Å². The maximum atomic E-state index is 10.3. The van der Waals surface area contributed by atoms with E-state index in [0.717, 1.165) is 6.42 Å². The van der Waals surface area contributed by atoms with Gasteiger partial charge in [0, 0.05) is 6.92 Å². The van der Waals surface area contributed by atoms with E-state index in [0.29, 0.717) is 12.5 Å². The Balaban J connectivity index is 3.17. The molecule has 0 fully saturated rings.